The van der Waals surface area contributed by atoms with Crippen molar-refractivity contribution in [1.82, 2.24) is 4.31 Å². The number of hydrogen-bond donors (Lipinski definition) is 1. The zero-order chi connectivity index (χ0) is 19.5. The Morgan fingerprint density at radius 1 is 1.31 bits per heavy atom. The summed E-state index contributed by atoms with van der Waals surface area (Å²) in [5.74, 6) is -0.678. The van der Waals surface area contributed by atoms with E-state index in [1.54, 1.807) is 31.2 Å². The molecule has 0 spiro atoms. The first-order valence-electron chi connectivity index (χ1n) is 8.37. The van der Waals surface area contributed by atoms with Gasteiger partial charge in [-0.2, -0.15) is 0 Å². The number of nitrogens with zero attached hydrogens (tertiary/aromatic N) is 2. The number of hydrogen-bond acceptors (Lipinski definition) is 5. The fourth-order valence-electron chi connectivity index (χ4n) is 2.81. The molecule has 0 aliphatic carbocycles. The molecule has 8 nitrogen and oxygen atoms in total. The lowest BCUT2D eigenvalue weighted by Crippen LogP contribution is -2.44. The van der Waals surface area contributed by atoms with Gasteiger partial charge in [0.15, 0.2) is 0 Å². The Hall–Kier alpha value is -1.65. The average molecular weight is 404 g/mol. The monoisotopic (exact) mass is 403 g/mol. The molecule has 146 valence electrons. The van der Waals surface area contributed by atoms with Crippen molar-refractivity contribution >= 4 is 37.3 Å². The van der Waals surface area contributed by atoms with E-state index in [2.05, 4.69) is 5.32 Å². The van der Waals surface area contributed by atoms with Crippen molar-refractivity contribution in [3.05, 3.63) is 24.3 Å². The van der Waals surface area contributed by atoms with Crippen molar-refractivity contribution in [2.75, 3.05) is 41.8 Å². The number of nitrogens with one attached hydrogen (secondary N) is 1. The molecule has 1 atom stereocenters. The van der Waals surface area contributed by atoms with Gasteiger partial charge in [0, 0.05) is 25.8 Å². The third kappa shape index (κ3) is 4.95. The first-order valence-corrected chi connectivity index (χ1v) is 11.8. The molecular weight excluding hydrogens is 378 g/mol. The smallest absolute Gasteiger partial charge is 0.231 e. The fourth-order valence-corrected chi connectivity index (χ4v) is 4.48. The Bertz CT molecular complexity index is 868. The van der Waals surface area contributed by atoms with Crippen LogP contribution in [0, 0.1) is 5.92 Å². The minimum atomic E-state index is -3.40. The van der Waals surface area contributed by atoms with Crippen LogP contribution in [0.3, 0.4) is 0 Å². The molecule has 0 radical (unpaired) electrons. The Labute approximate surface area is 155 Å². The SMILES string of the molecule is CCS(=O)(=O)N1CCC[C@@H](C(=O)Nc2cccc(N(C)S(C)(=O)=O)c2)C1. The van der Waals surface area contributed by atoms with Crippen molar-refractivity contribution < 1.29 is 21.6 Å². The van der Waals surface area contributed by atoms with Gasteiger partial charge in [0.05, 0.1) is 23.6 Å². The lowest BCUT2D eigenvalue weighted by atomic mass is 9.98. The fraction of sp³-hybridized carbons (Fsp3) is 0.562. The van der Waals surface area contributed by atoms with E-state index in [4.69, 9.17) is 0 Å². The molecule has 1 heterocycles. The number of benzene rings is 1. The lowest BCUT2D eigenvalue weighted by Gasteiger charge is -2.31. The average Bonchev–Trinajstić information content (AvgIpc) is 2.60. The Morgan fingerprint density at radius 3 is 2.62 bits per heavy atom. The lowest BCUT2D eigenvalue weighted by molar-refractivity contribution is -0.120. The van der Waals surface area contributed by atoms with Crippen molar-refractivity contribution in [2.24, 2.45) is 5.92 Å². The van der Waals surface area contributed by atoms with E-state index in [9.17, 15) is 21.6 Å². The van der Waals surface area contributed by atoms with Gasteiger partial charge in [-0.15, -0.1) is 0 Å². The van der Waals surface area contributed by atoms with Gasteiger partial charge >= 0.3 is 0 Å². The minimum absolute atomic E-state index is 0.0151. The molecular formula is C16H25N3O5S2. The van der Waals surface area contributed by atoms with E-state index in [1.165, 1.54) is 11.4 Å². The number of carbonyl (C=O) groups is 1. The first-order chi connectivity index (χ1) is 12.0. The van der Waals surface area contributed by atoms with Gasteiger partial charge in [-0.05, 0) is 38.0 Å². The quantitative estimate of drug-likeness (QED) is 0.765. The predicted molar refractivity (Wildman–Crippen MR) is 102 cm³/mol. The van der Waals surface area contributed by atoms with Crippen LogP contribution in [0.25, 0.3) is 0 Å². The van der Waals surface area contributed by atoms with Gasteiger partial charge in [-0.25, -0.2) is 21.1 Å². The van der Waals surface area contributed by atoms with Crippen LogP contribution in [-0.4, -0.2) is 59.2 Å². The summed E-state index contributed by atoms with van der Waals surface area (Å²) < 4.78 is 49.8. The summed E-state index contributed by atoms with van der Waals surface area (Å²) in [6, 6.07) is 6.53. The highest BCUT2D eigenvalue weighted by atomic mass is 32.2. The Morgan fingerprint density at radius 2 is 2.00 bits per heavy atom. The van der Waals surface area contributed by atoms with E-state index in [0.29, 0.717) is 30.8 Å². The molecule has 1 aliphatic rings. The largest absolute Gasteiger partial charge is 0.326 e. The standard InChI is InChI=1S/C16H25N3O5S2/c1-4-26(23,24)19-10-6-7-13(12-19)16(20)17-14-8-5-9-15(11-14)18(2)25(3,21)22/h5,8-9,11,13H,4,6-7,10,12H2,1-3H3,(H,17,20)/t13-/m1/s1. The highest BCUT2D eigenvalue weighted by Gasteiger charge is 2.31. The molecule has 1 aromatic rings. The minimum Gasteiger partial charge on any atom is -0.326 e. The topological polar surface area (TPSA) is 104 Å². The predicted octanol–water partition coefficient (Wildman–Crippen LogP) is 1.08. The molecule has 1 amide bonds. The van der Waals surface area contributed by atoms with E-state index in [1.807, 2.05) is 0 Å². The van der Waals surface area contributed by atoms with Crippen LogP contribution < -0.4 is 9.62 Å². The zero-order valence-corrected chi connectivity index (χ0v) is 16.8. The van der Waals surface area contributed by atoms with Gasteiger partial charge in [0.25, 0.3) is 0 Å². The third-order valence-electron chi connectivity index (χ3n) is 4.49. The summed E-state index contributed by atoms with van der Waals surface area (Å²) in [5, 5.41) is 2.77. The van der Waals surface area contributed by atoms with Gasteiger partial charge in [0.2, 0.25) is 26.0 Å². The number of carbonyl (C=O) groups excluding carboxylic acids is 1. The molecule has 1 saturated heterocycles. The molecule has 1 N–H and O–H groups in total. The van der Waals surface area contributed by atoms with Gasteiger partial charge < -0.3 is 5.32 Å². The summed E-state index contributed by atoms with van der Waals surface area (Å²) in [7, 11) is -5.28. The maximum Gasteiger partial charge on any atom is 0.231 e. The van der Waals surface area contributed by atoms with Crippen molar-refractivity contribution in [2.45, 2.75) is 19.8 Å². The third-order valence-corrected chi connectivity index (χ3v) is 7.54. The van der Waals surface area contributed by atoms with Crippen LogP contribution in [0.1, 0.15) is 19.8 Å². The van der Waals surface area contributed by atoms with E-state index in [0.717, 1.165) is 10.6 Å². The van der Waals surface area contributed by atoms with E-state index < -0.39 is 26.0 Å². The Kier molecular flexibility index (Phi) is 6.30. The Balaban J connectivity index is 2.10. The second kappa shape index (κ2) is 7.93. The van der Waals surface area contributed by atoms with Crippen LogP contribution in [0.4, 0.5) is 11.4 Å². The molecule has 10 heteroatoms. The molecule has 0 unspecified atom stereocenters. The maximum absolute atomic E-state index is 12.5. The highest BCUT2D eigenvalue weighted by molar-refractivity contribution is 7.92. The van der Waals surface area contributed by atoms with Crippen LogP contribution in [0.15, 0.2) is 24.3 Å². The molecule has 1 aliphatic heterocycles. The second-order valence-electron chi connectivity index (χ2n) is 6.37. The second-order valence-corrected chi connectivity index (χ2v) is 10.6. The summed E-state index contributed by atoms with van der Waals surface area (Å²) in [6.07, 6.45) is 2.35. The molecule has 0 saturated carbocycles. The summed E-state index contributed by atoms with van der Waals surface area (Å²) >= 11 is 0. The number of rotatable bonds is 6. The van der Waals surface area contributed by atoms with Crippen molar-refractivity contribution in [3.8, 4) is 0 Å². The molecule has 26 heavy (non-hydrogen) atoms. The van der Waals surface area contributed by atoms with Crippen LogP contribution in [-0.2, 0) is 24.8 Å². The van der Waals surface area contributed by atoms with Crippen LogP contribution in [0.2, 0.25) is 0 Å². The number of anilines is 2. The number of amides is 1. The first kappa shape index (κ1) is 20.7. The van der Waals surface area contributed by atoms with Crippen molar-refractivity contribution in [1.29, 1.82) is 0 Å². The van der Waals surface area contributed by atoms with Crippen LogP contribution in [0.5, 0.6) is 0 Å². The van der Waals surface area contributed by atoms with Gasteiger partial charge in [-0.1, -0.05) is 6.07 Å². The van der Waals surface area contributed by atoms with Gasteiger partial charge in [-0.3, -0.25) is 9.10 Å². The molecule has 2 rings (SSSR count). The van der Waals surface area contributed by atoms with E-state index in [-0.39, 0.29) is 18.2 Å². The molecule has 1 fully saturated rings. The van der Waals surface area contributed by atoms with Crippen LogP contribution >= 0.6 is 0 Å². The number of piperidine rings is 1. The molecule has 0 bridgehead atoms. The van der Waals surface area contributed by atoms with E-state index >= 15 is 0 Å². The zero-order valence-electron chi connectivity index (χ0n) is 15.2. The van der Waals surface area contributed by atoms with Crippen molar-refractivity contribution in [3.63, 3.8) is 0 Å². The summed E-state index contributed by atoms with van der Waals surface area (Å²) in [6.45, 7) is 2.20. The molecule has 1 aromatic carbocycles. The number of sulfonamides is 2. The summed E-state index contributed by atoms with van der Waals surface area (Å²) in [4.78, 5) is 12.5. The highest BCUT2D eigenvalue weighted by Crippen LogP contribution is 2.24. The normalized spacial score (nSPS) is 19.1. The summed E-state index contributed by atoms with van der Waals surface area (Å²) in [5.41, 5.74) is 0.905. The molecule has 0 aromatic heterocycles. The van der Waals surface area contributed by atoms with Gasteiger partial charge in [0.1, 0.15) is 0 Å². The maximum atomic E-state index is 12.5.